The third kappa shape index (κ3) is 2.24. The van der Waals surface area contributed by atoms with Crippen LogP contribution >= 0.6 is 0 Å². The first-order chi connectivity index (χ1) is 9.49. The van der Waals surface area contributed by atoms with Crippen LogP contribution in [0.1, 0.15) is 36.1 Å². The Bertz CT molecular complexity index is 675. The number of ether oxygens (including phenoxy) is 1. The van der Waals surface area contributed by atoms with Crippen LogP contribution in [-0.4, -0.2) is 33.7 Å². The number of esters is 1. The smallest absolute Gasteiger partial charge is 0.335 e. The van der Waals surface area contributed by atoms with Crippen LogP contribution in [0.4, 0.5) is 0 Å². The number of benzene rings is 1. The van der Waals surface area contributed by atoms with Crippen LogP contribution in [0.5, 0.6) is 0 Å². The number of fused-ring (bicyclic) bond motifs is 1. The number of carbonyl (C=O) groups excluding carboxylic acids is 1. The molecule has 1 atom stereocenters. The first kappa shape index (κ1) is 14.0. The van der Waals surface area contributed by atoms with Gasteiger partial charge in [-0.15, -0.1) is 0 Å². The number of imidazole rings is 1. The van der Waals surface area contributed by atoms with Gasteiger partial charge in [-0.2, -0.15) is 0 Å². The van der Waals surface area contributed by atoms with Gasteiger partial charge < -0.3 is 14.4 Å². The number of methoxy groups -OCH3 is 1. The Morgan fingerprint density at radius 2 is 2.15 bits per heavy atom. The molecule has 6 heteroatoms. The van der Waals surface area contributed by atoms with Crippen molar-refractivity contribution in [1.29, 1.82) is 0 Å². The Morgan fingerprint density at radius 1 is 1.45 bits per heavy atom. The summed E-state index contributed by atoms with van der Waals surface area (Å²) < 4.78 is 6.49. The van der Waals surface area contributed by atoms with Gasteiger partial charge >= 0.3 is 11.9 Å². The number of rotatable bonds is 4. The molecule has 106 valence electrons. The molecule has 1 aromatic carbocycles. The van der Waals surface area contributed by atoms with E-state index in [1.807, 2.05) is 6.92 Å². The third-order valence-electron chi connectivity index (χ3n) is 3.26. The first-order valence-corrected chi connectivity index (χ1v) is 6.31. The summed E-state index contributed by atoms with van der Waals surface area (Å²) in [7, 11) is 1.33. The molecular formula is C14H16N2O4. The Labute approximate surface area is 116 Å². The van der Waals surface area contributed by atoms with Crippen molar-refractivity contribution in [2.45, 2.75) is 26.3 Å². The molecule has 0 saturated carbocycles. The van der Waals surface area contributed by atoms with E-state index in [1.54, 1.807) is 17.6 Å². The van der Waals surface area contributed by atoms with E-state index >= 15 is 0 Å². The van der Waals surface area contributed by atoms with Crippen LogP contribution in [-0.2, 0) is 16.0 Å². The maximum absolute atomic E-state index is 11.8. The standard InChI is InChI=1S/C14H16N2O4/c1-4-12-15-10-6-5-9(13(17)18)7-11(10)16(12)8(2)14(19)20-3/h5-8H,4H2,1-3H3,(H,17,18). The van der Waals surface area contributed by atoms with Gasteiger partial charge in [-0.1, -0.05) is 6.92 Å². The summed E-state index contributed by atoms with van der Waals surface area (Å²) >= 11 is 0. The van der Waals surface area contributed by atoms with E-state index in [1.165, 1.54) is 19.2 Å². The van der Waals surface area contributed by atoms with Crippen LogP contribution in [0, 0.1) is 0 Å². The van der Waals surface area contributed by atoms with Crippen molar-refractivity contribution in [1.82, 2.24) is 9.55 Å². The molecule has 6 nitrogen and oxygen atoms in total. The predicted molar refractivity (Wildman–Crippen MR) is 72.8 cm³/mol. The Hall–Kier alpha value is -2.37. The van der Waals surface area contributed by atoms with Crippen molar-refractivity contribution in [3.8, 4) is 0 Å². The topological polar surface area (TPSA) is 81.4 Å². The molecule has 0 saturated heterocycles. The monoisotopic (exact) mass is 276 g/mol. The number of carbonyl (C=O) groups is 2. The first-order valence-electron chi connectivity index (χ1n) is 6.31. The molecule has 1 unspecified atom stereocenters. The van der Waals surface area contributed by atoms with Crippen LogP contribution in [0.2, 0.25) is 0 Å². The maximum Gasteiger partial charge on any atom is 0.335 e. The van der Waals surface area contributed by atoms with Gasteiger partial charge in [0.2, 0.25) is 0 Å². The molecule has 0 bridgehead atoms. The second kappa shape index (κ2) is 5.32. The van der Waals surface area contributed by atoms with Crippen molar-refractivity contribution in [3.05, 3.63) is 29.6 Å². The van der Waals surface area contributed by atoms with E-state index in [9.17, 15) is 9.59 Å². The number of carboxylic acids is 1. The highest BCUT2D eigenvalue weighted by Gasteiger charge is 2.22. The number of aryl methyl sites for hydroxylation is 1. The van der Waals surface area contributed by atoms with Crippen molar-refractivity contribution in [2.24, 2.45) is 0 Å². The Balaban J connectivity index is 2.68. The lowest BCUT2D eigenvalue weighted by molar-refractivity contribution is -0.143. The van der Waals surface area contributed by atoms with Crippen molar-refractivity contribution in [2.75, 3.05) is 7.11 Å². The van der Waals surface area contributed by atoms with Crippen molar-refractivity contribution < 1.29 is 19.4 Å². The number of aromatic nitrogens is 2. The van der Waals surface area contributed by atoms with Crippen molar-refractivity contribution >= 4 is 23.0 Å². The highest BCUT2D eigenvalue weighted by atomic mass is 16.5. The number of hydrogen-bond donors (Lipinski definition) is 1. The summed E-state index contributed by atoms with van der Waals surface area (Å²) in [4.78, 5) is 27.3. The van der Waals surface area contributed by atoms with E-state index in [2.05, 4.69) is 4.98 Å². The van der Waals surface area contributed by atoms with E-state index in [-0.39, 0.29) is 11.5 Å². The second-order valence-electron chi connectivity index (χ2n) is 4.46. The van der Waals surface area contributed by atoms with Crippen LogP contribution in [0.25, 0.3) is 11.0 Å². The maximum atomic E-state index is 11.8. The highest BCUT2D eigenvalue weighted by molar-refractivity contribution is 5.93. The molecule has 2 aromatic rings. The third-order valence-corrected chi connectivity index (χ3v) is 3.26. The van der Waals surface area contributed by atoms with Gasteiger partial charge in [0.1, 0.15) is 11.9 Å². The normalized spacial score (nSPS) is 12.3. The molecule has 1 aromatic heterocycles. The molecular weight excluding hydrogens is 260 g/mol. The number of hydrogen-bond acceptors (Lipinski definition) is 4. The van der Waals surface area contributed by atoms with E-state index in [4.69, 9.17) is 9.84 Å². The van der Waals surface area contributed by atoms with Gasteiger partial charge in [0, 0.05) is 6.42 Å². The SMILES string of the molecule is CCc1nc2ccc(C(=O)O)cc2n1C(C)C(=O)OC. The van der Waals surface area contributed by atoms with Gasteiger partial charge in [-0.3, -0.25) is 0 Å². The van der Waals surface area contributed by atoms with Gasteiger partial charge in [0.25, 0.3) is 0 Å². The molecule has 1 N–H and O–H groups in total. The average Bonchev–Trinajstić information content (AvgIpc) is 2.82. The fraction of sp³-hybridized carbons (Fsp3) is 0.357. The van der Waals surface area contributed by atoms with Crippen LogP contribution in [0.3, 0.4) is 0 Å². The molecule has 0 fully saturated rings. The lowest BCUT2D eigenvalue weighted by atomic mass is 10.2. The van der Waals surface area contributed by atoms with Crippen LogP contribution in [0.15, 0.2) is 18.2 Å². The Morgan fingerprint density at radius 3 is 2.70 bits per heavy atom. The quantitative estimate of drug-likeness (QED) is 0.864. The minimum absolute atomic E-state index is 0.165. The fourth-order valence-electron chi connectivity index (χ4n) is 2.23. The summed E-state index contributed by atoms with van der Waals surface area (Å²) in [5.41, 5.74) is 1.46. The number of aromatic carboxylic acids is 1. The predicted octanol–water partition coefficient (Wildman–Crippen LogP) is 2.03. The van der Waals surface area contributed by atoms with Crippen LogP contribution < -0.4 is 0 Å². The number of carboxylic acid groups (broad SMARTS) is 1. The second-order valence-corrected chi connectivity index (χ2v) is 4.46. The molecule has 20 heavy (non-hydrogen) atoms. The summed E-state index contributed by atoms with van der Waals surface area (Å²) in [6.45, 7) is 3.64. The van der Waals surface area contributed by atoms with Gasteiger partial charge in [-0.05, 0) is 25.1 Å². The summed E-state index contributed by atoms with van der Waals surface area (Å²) in [6, 6.07) is 4.13. The average molecular weight is 276 g/mol. The molecule has 0 radical (unpaired) electrons. The minimum Gasteiger partial charge on any atom is -0.478 e. The van der Waals surface area contributed by atoms with E-state index in [0.29, 0.717) is 17.5 Å². The lowest BCUT2D eigenvalue weighted by Gasteiger charge is -2.15. The van der Waals surface area contributed by atoms with E-state index in [0.717, 1.165) is 5.82 Å². The summed E-state index contributed by atoms with van der Waals surface area (Å²) in [5, 5.41) is 9.07. The fourth-order valence-corrected chi connectivity index (χ4v) is 2.23. The lowest BCUT2D eigenvalue weighted by Crippen LogP contribution is -2.19. The van der Waals surface area contributed by atoms with Gasteiger partial charge in [0.15, 0.2) is 0 Å². The molecule has 0 amide bonds. The minimum atomic E-state index is -1.01. The molecule has 0 spiro atoms. The zero-order chi connectivity index (χ0) is 14.9. The zero-order valence-corrected chi connectivity index (χ0v) is 11.6. The molecule has 0 aliphatic heterocycles. The molecule has 1 heterocycles. The van der Waals surface area contributed by atoms with Gasteiger partial charge in [0.05, 0.1) is 23.7 Å². The zero-order valence-electron chi connectivity index (χ0n) is 11.6. The van der Waals surface area contributed by atoms with E-state index < -0.39 is 12.0 Å². The molecule has 0 aliphatic carbocycles. The van der Waals surface area contributed by atoms with Gasteiger partial charge in [-0.25, -0.2) is 14.6 Å². The van der Waals surface area contributed by atoms with Crippen molar-refractivity contribution in [3.63, 3.8) is 0 Å². The summed E-state index contributed by atoms with van der Waals surface area (Å²) in [5.74, 6) is -0.677. The molecule has 2 rings (SSSR count). The molecule has 0 aliphatic rings. The summed E-state index contributed by atoms with van der Waals surface area (Å²) in [6.07, 6.45) is 0.637. The largest absolute Gasteiger partial charge is 0.478 e. The number of nitrogens with zero attached hydrogens (tertiary/aromatic N) is 2. The Kier molecular flexibility index (Phi) is 3.74. The highest BCUT2D eigenvalue weighted by Crippen LogP contribution is 2.23.